The lowest BCUT2D eigenvalue weighted by Crippen LogP contribution is -2.22. The first kappa shape index (κ1) is 11.5. The fourth-order valence-electron chi connectivity index (χ4n) is 2.06. The Kier molecular flexibility index (Phi) is 2.70. The maximum Gasteiger partial charge on any atom is 0.226 e. The van der Waals surface area contributed by atoms with Gasteiger partial charge in [-0.3, -0.25) is 4.57 Å². The van der Waals surface area contributed by atoms with E-state index < -0.39 is 0 Å². The standard InChI is InChI=1S/C11H16N6S/c1-15-6-5-12-9(15)7-16(2)10-13-14-11(18)17(10)8-3-4-8/h5-6,8H,3-4,7H2,1-2H3,(H,14,18). The molecule has 2 heterocycles. The van der Waals surface area contributed by atoms with Crippen LogP contribution in [0.5, 0.6) is 0 Å². The lowest BCUT2D eigenvalue weighted by atomic mass is 10.5. The monoisotopic (exact) mass is 264 g/mol. The summed E-state index contributed by atoms with van der Waals surface area (Å²) in [5.74, 6) is 1.90. The Labute approximate surface area is 110 Å². The summed E-state index contributed by atoms with van der Waals surface area (Å²) in [4.78, 5) is 6.40. The zero-order valence-electron chi connectivity index (χ0n) is 10.5. The number of anilines is 1. The Bertz CT molecular complexity index is 605. The smallest absolute Gasteiger partial charge is 0.226 e. The van der Waals surface area contributed by atoms with Crippen LogP contribution in [0.2, 0.25) is 0 Å². The van der Waals surface area contributed by atoms with Crippen LogP contribution < -0.4 is 4.90 Å². The van der Waals surface area contributed by atoms with Crippen LogP contribution in [-0.2, 0) is 13.6 Å². The number of hydrogen-bond acceptors (Lipinski definition) is 4. The molecular formula is C11H16N6S. The minimum atomic E-state index is 0.523. The Hall–Kier alpha value is -1.63. The second kappa shape index (κ2) is 4.24. The molecule has 0 saturated heterocycles. The number of aromatic nitrogens is 5. The van der Waals surface area contributed by atoms with Gasteiger partial charge >= 0.3 is 0 Å². The molecule has 0 bridgehead atoms. The van der Waals surface area contributed by atoms with Crippen LogP contribution in [0.25, 0.3) is 0 Å². The van der Waals surface area contributed by atoms with Crippen molar-refractivity contribution in [2.45, 2.75) is 25.4 Å². The van der Waals surface area contributed by atoms with Gasteiger partial charge in [0.05, 0.1) is 6.54 Å². The van der Waals surface area contributed by atoms with Crippen molar-refractivity contribution in [2.24, 2.45) is 7.05 Å². The molecule has 3 rings (SSSR count). The third-order valence-electron chi connectivity index (χ3n) is 3.24. The molecule has 1 aliphatic carbocycles. The van der Waals surface area contributed by atoms with Crippen LogP contribution in [0.3, 0.4) is 0 Å². The van der Waals surface area contributed by atoms with E-state index in [1.807, 2.05) is 24.9 Å². The number of aryl methyl sites for hydroxylation is 1. The lowest BCUT2D eigenvalue weighted by Gasteiger charge is -2.18. The van der Waals surface area contributed by atoms with Crippen molar-refractivity contribution in [3.05, 3.63) is 23.0 Å². The molecule has 0 aromatic carbocycles. The quantitative estimate of drug-likeness (QED) is 0.853. The second-order valence-corrected chi connectivity index (χ2v) is 5.13. The topological polar surface area (TPSA) is 54.7 Å². The molecule has 0 unspecified atom stereocenters. The summed E-state index contributed by atoms with van der Waals surface area (Å²) in [6.07, 6.45) is 6.14. The fraction of sp³-hybridized carbons (Fsp3) is 0.545. The molecular weight excluding hydrogens is 248 g/mol. The van der Waals surface area contributed by atoms with E-state index in [9.17, 15) is 0 Å². The van der Waals surface area contributed by atoms with Gasteiger partial charge in [0.15, 0.2) is 4.77 Å². The van der Waals surface area contributed by atoms with Crippen molar-refractivity contribution in [3.8, 4) is 0 Å². The van der Waals surface area contributed by atoms with Crippen LogP contribution in [0.15, 0.2) is 12.4 Å². The van der Waals surface area contributed by atoms with E-state index in [4.69, 9.17) is 12.2 Å². The molecule has 96 valence electrons. The molecule has 0 aliphatic heterocycles. The SMILES string of the molecule is CN(Cc1nccn1C)c1n[nH]c(=S)n1C1CC1. The first-order valence-electron chi connectivity index (χ1n) is 6.01. The van der Waals surface area contributed by atoms with Crippen molar-refractivity contribution in [1.29, 1.82) is 0 Å². The van der Waals surface area contributed by atoms with E-state index in [1.54, 1.807) is 6.20 Å². The minimum absolute atomic E-state index is 0.523. The van der Waals surface area contributed by atoms with E-state index in [0.717, 1.165) is 18.3 Å². The van der Waals surface area contributed by atoms with Gasteiger partial charge in [-0.05, 0) is 25.1 Å². The Balaban J connectivity index is 1.86. The van der Waals surface area contributed by atoms with Crippen LogP contribution in [0.4, 0.5) is 5.95 Å². The molecule has 1 fully saturated rings. The van der Waals surface area contributed by atoms with Crippen LogP contribution in [-0.4, -0.2) is 31.4 Å². The summed E-state index contributed by atoms with van der Waals surface area (Å²) in [6, 6.07) is 0.523. The van der Waals surface area contributed by atoms with Gasteiger partial charge in [-0.2, -0.15) is 0 Å². The summed E-state index contributed by atoms with van der Waals surface area (Å²) in [6.45, 7) is 0.718. The number of imidazole rings is 1. The third-order valence-corrected chi connectivity index (χ3v) is 3.53. The van der Waals surface area contributed by atoms with Crippen molar-refractivity contribution in [3.63, 3.8) is 0 Å². The van der Waals surface area contributed by atoms with Crippen LogP contribution in [0.1, 0.15) is 24.7 Å². The molecule has 0 spiro atoms. The van der Waals surface area contributed by atoms with Crippen LogP contribution >= 0.6 is 12.2 Å². The van der Waals surface area contributed by atoms with Gasteiger partial charge in [-0.25, -0.2) is 10.1 Å². The molecule has 0 atom stereocenters. The predicted octanol–water partition coefficient (Wildman–Crippen LogP) is 1.65. The maximum absolute atomic E-state index is 5.28. The third kappa shape index (κ3) is 1.94. The molecule has 0 amide bonds. The highest BCUT2D eigenvalue weighted by atomic mass is 32.1. The predicted molar refractivity (Wildman–Crippen MR) is 71.0 cm³/mol. The molecule has 6 nitrogen and oxygen atoms in total. The van der Waals surface area contributed by atoms with Crippen molar-refractivity contribution in [1.82, 2.24) is 24.3 Å². The fourth-order valence-corrected chi connectivity index (χ4v) is 2.34. The molecule has 2 aromatic heterocycles. The average molecular weight is 264 g/mol. The number of rotatable bonds is 4. The number of nitrogens with one attached hydrogen (secondary N) is 1. The number of H-pyrrole nitrogens is 1. The first-order chi connectivity index (χ1) is 8.66. The minimum Gasteiger partial charge on any atom is -0.337 e. The zero-order valence-corrected chi connectivity index (χ0v) is 11.3. The van der Waals surface area contributed by atoms with E-state index >= 15 is 0 Å². The van der Waals surface area contributed by atoms with Gasteiger partial charge in [0.25, 0.3) is 0 Å². The molecule has 1 saturated carbocycles. The van der Waals surface area contributed by atoms with Gasteiger partial charge in [0, 0.05) is 32.5 Å². The van der Waals surface area contributed by atoms with E-state index in [-0.39, 0.29) is 0 Å². The van der Waals surface area contributed by atoms with Gasteiger partial charge in [-0.1, -0.05) is 0 Å². The highest BCUT2D eigenvalue weighted by molar-refractivity contribution is 7.71. The molecule has 2 aromatic rings. The molecule has 7 heteroatoms. The van der Waals surface area contributed by atoms with Gasteiger partial charge in [0.1, 0.15) is 5.82 Å². The van der Waals surface area contributed by atoms with Gasteiger partial charge in [-0.15, -0.1) is 5.10 Å². The van der Waals surface area contributed by atoms with Crippen molar-refractivity contribution >= 4 is 18.2 Å². The molecule has 18 heavy (non-hydrogen) atoms. The van der Waals surface area contributed by atoms with E-state index in [1.165, 1.54) is 12.8 Å². The van der Waals surface area contributed by atoms with E-state index in [0.29, 0.717) is 10.8 Å². The zero-order chi connectivity index (χ0) is 12.7. The average Bonchev–Trinajstić information content (AvgIpc) is 2.99. The largest absolute Gasteiger partial charge is 0.337 e. The Morgan fingerprint density at radius 3 is 2.94 bits per heavy atom. The normalized spacial score (nSPS) is 15.0. The van der Waals surface area contributed by atoms with Crippen molar-refractivity contribution < 1.29 is 0 Å². The number of hydrogen-bond donors (Lipinski definition) is 1. The lowest BCUT2D eigenvalue weighted by molar-refractivity contribution is 0.681. The highest BCUT2D eigenvalue weighted by Crippen LogP contribution is 2.37. The first-order valence-corrected chi connectivity index (χ1v) is 6.42. The maximum atomic E-state index is 5.28. The van der Waals surface area contributed by atoms with E-state index in [2.05, 4.69) is 24.6 Å². The summed E-state index contributed by atoms with van der Waals surface area (Å²) in [5, 5.41) is 7.20. The Morgan fingerprint density at radius 2 is 2.33 bits per heavy atom. The molecule has 1 N–H and O–H groups in total. The summed E-state index contributed by atoms with van der Waals surface area (Å²) >= 11 is 5.28. The van der Waals surface area contributed by atoms with Gasteiger partial charge in [0.2, 0.25) is 5.95 Å². The summed E-state index contributed by atoms with van der Waals surface area (Å²) in [5.41, 5.74) is 0. The number of aromatic amines is 1. The highest BCUT2D eigenvalue weighted by Gasteiger charge is 2.28. The summed E-state index contributed by atoms with van der Waals surface area (Å²) in [7, 11) is 4.01. The summed E-state index contributed by atoms with van der Waals surface area (Å²) < 4.78 is 4.83. The van der Waals surface area contributed by atoms with Crippen LogP contribution in [0, 0.1) is 4.77 Å². The van der Waals surface area contributed by atoms with Gasteiger partial charge < -0.3 is 9.47 Å². The Morgan fingerprint density at radius 1 is 1.56 bits per heavy atom. The number of nitrogens with zero attached hydrogens (tertiary/aromatic N) is 5. The second-order valence-electron chi connectivity index (χ2n) is 4.74. The van der Waals surface area contributed by atoms with Crippen molar-refractivity contribution in [2.75, 3.05) is 11.9 Å². The molecule has 1 aliphatic rings. The molecule has 0 radical (unpaired) electrons.